The first-order chi connectivity index (χ1) is 7.13. The van der Waals surface area contributed by atoms with E-state index in [0.717, 1.165) is 5.56 Å². The van der Waals surface area contributed by atoms with Crippen molar-refractivity contribution in [2.45, 2.75) is 13.0 Å². The van der Waals surface area contributed by atoms with Crippen LogP contribution in [0.5, 0.6) is 0 Å². The molecule has 84 valence electrons. The standard InChI is InChI=1S/C12H19NO2/c1-10-3-5-11(6-4-10)12(15)9-13(2)7-8-14/h3-6,12,14-15H,7-9H2,1-2H3. The topological polar surface area (TPSA) is 43.7 Å². The second kappa shape index (κ2) is 5.85. The number of aliphatic hydroxyl groups excluding tert-OH is 2. The molecule has 0 aliphatic rings. The van der Waals surface area contributed by atoms with Crippen molar-refractivity contribution in [1.29, 1.82) is 0 Å². The quantitative estimate of drug-likeness (QED) is 0.759. The van der Waals surface area contributed by atoms with Gasteiger partial charge >= 0.3 is 0 Å². The van der Waals surface area contributed by atoms with E-state index >= 15 is 0 Å². The largest absolute Gasteiger partial charge is 0.395 e. The third-order valence-corrected chi connectivity index (χ3v) is 2.43. The van der Waals surface area contributed by atoms with E-state index in [-0.39, 0.29) is 6.61 Å². The van der Waals surface area contributed by atoms with E-state index in [9.17, 15) is 5.11 Å². The van der Waals surface area contributed by atoms with Crippen molar-refractivity contribution in [1.82, 2.24) is 4.90 Å². The lowest BCUT2D eigenvalue weighted by Gasteiger charge is -2.19. The maximum Gasteiger partial charge on any atom is 0.0916 e. The molecule has 0 aliphatic heterocycles. The van der Waals surface area contributed by atoms with Gasteiger partial charge in [-0.2, -0.15) is 0 Å². The van der Waals surface area contributed by atoms with Gasteiger partial charge in [0.2, 0.25) is 0 Å². The molecule has 0 spiro atoms. The van der Waals surface area contributed by atoms with Gasteiger partial charge < -0.3 is 15.1 Å². The molecule has 1 atom stereocenters. The molecule has 1 unspecified atom stereocenters. The Kier molecular flexibility index (Phi) is 4.75. The highest BCUT2D eigenvalue weighted by Gasteiger charge is 2.09. The minimum Gasteiger partial charge on any atom is -0.395 e. The van der Waals surface area contributed by atoms with E-state index in [2.05, 4.69) is 0 Å². The van der Waals surface area contributed by atoms with E-state index in [4.69, 9.17) is 5.11 Å². The number of nitrogens with zero attached hydrogens (tertiary/aromatic N) is 1. The fourth-order valence-corrected chi connectivity index (χ4v) is 1.45. The molecule has 0 radical (unpaired) electrons. The summed E-state index contributed by atoms with van der Waals surface area (Å²) in [5.74, 6) is 0. The molecule has 15 heavy (non-hydrogen) atoms. The van der Waals surface area contributed by atoms with Crippen LogP contribution in [0.25, 0.3) is 0 Å². The van der Waals surface area contributed by atoms with Crippen LogP contribution < -0.4 is 0 Å². The van der Waals surface area contributed by atoms with Gasteiger partial charge in [0.25, 0.3) is 0 Å². The Morgan fingerprint density at radius 2 is 1.87 bits per heavy atom. The van der Waals surface area contributed by atoms with Gasteiger partial charge in [0.05, 0.1) is 12.7 Å². The van der Waals surface area contributed by atoms with E-state index < -0.39 is 6.10 Å². The molecule has 3 nitrogen and oxygen atoms in total. The van der Waals surface area contributed by atoms with Crippen LogP contribution in [0.15, 0.2) is 24.3 Å². The highest BCUT2D eigenvalue weighted by atomic mass is 16.3. The van der Waals surface area contributed by atoms with Crippen LogP contribution in [0, 0.1) is 6.92 Å². The highest BCUT2D eigenvalue weighted by molar-refractivity contribution is 5.23. The monoisotopic (exact) mass is 209 g/mol. The van der Waals surface area contributed by atoms with E-state index in [1.165, 1.54) is 5.56 Å². The van der Waals surface area contributed by atoms with Crippen molar-refractivity contribution in [3.63, 3.8) is 0 Å². The first-order valence-corrected chi connectivity index (χ1v) is 5.17. The van der Waals surface area contributed by atoms with E-state index in [1.807, 2.05) is 43.1 Å². The molecular formula is C12H19NO2. The predicted octanol–water partition coefficient (Wildman–Crippen LogP) is 0.953. The average Bonchev–Trinajstić information content (AvgIpc) is 2.18. The molecule has 0 saturated carbocycles. The number of benzene rings is 1. The fraction of sp³-hybridized carbons (Fsp3) is 0.500. The second-order valence-electron chi connectivity index (χ2n) is 3.91. The van der Waals surface area contributed by atoms with Gasteiger partial charge in [-0.05, 0) is 19.5 Å². The Balaban J connectivity index is 2.53. The summed E-state index contributed by atoms with van der Waals surface area (Å²) in [4.78, 5) is 1.91. The lowest BCUT2D eigenvalue weighted by molar-refractivity contribution is 0.115. The highest BCUT2D eigenvalue weighted by Crippen LogP contribution is 2.14. The van der Waals surface area contributed by atoms with Gasteiger partial charge in [-0.25, -0.2) is 0 Å². The first kappa shape index (κ1) is 12.2. The summed E-state index contributed by atoms with van der Waals surface area (Å²) in [6.07, 6.45) is -0.484. The number of aryl methyl sites for hydroxylation is 1. The Morgan fingerprint density at radius 1 is 1.27 bits per heavy atom. The van der Waals surface area contributed by atoms with Crippen molar-refractivity contribution in [3.05, 3.63) is 35.4 Å². The molecule has 0 amide bonds. The van der Waals surface area contributed by atoms with Crippen LogP contribution in [0.2, 0.25) is 0 Å². The molecule has 0 saturated heterocycles. The van der Waals surface area contributed by atoms with Gasteiger partial charge in [0.1, 0.15) is 0 Å². The van der Waals surface area contributed by atoms with Crippen molar-refractivity contribution in [2.24, 2.45) is 0 Å². The number of hydrogen-bond acceptors (Lipinski definition) is 3. The Morgan fingerprint density at radius 3 is 2.40 bits per heavy atom. The molecule has 0 aromatic heterocycles. The molecule has 1 rings (SSSR count). The smallest absolute Gasteiger partial charge is 0.0916 e. The molecule has 1 aromatic carbocycles. The normalized spacial score (nSPS) is 13.1. The molecule has 3 heteroatoms. The zero-order valence-electron chi connectivity index (χ0n) is 9.35. The molecule has 0 fully saturated rings. The molecule has 2 N–H and O–H groups in total. The Hall–Kier alpha value is -0.900. The van der Waals surface area contributed by atoms with Crippen LogP contribution >= 0.6 is 0 Å². The SMILES string of the molecule is Cc1ccc(C(O)CN(C)CCO)cc1. The van der Waals surface area contributed by atoms with E-state index in [0.29, 0.717) is 13.1 Å². The third kappa shape index (κ3) is 4.00. The Labute approximate surface area is 91.0 Å². The number of likely N-dealkylation sites (N-methyl/N-ethyl adjacent to an activating group) is 1. The first-order valence-electron chi connectivity index (χ1n) is 5.17. The van der Waals surface area contributed by atoms with Crippen LogP contribution in [0.3, 0.4) is 0 Å². The molecule has 0 bridgehead atoms. The van der Waals surface area contributed by atoms with Crippen molar-refractivity contribution in [2.75, 3.05) is 26.7 Å². The average molecular weight is 209 g/mol. The third-order valence-electron chi connectivity index (χ3n) is 2.43. The van der Waals surface area contributed by atoms with Crippen LogP contribution in [-0.2, 0) is 0 Å². The van der Waals surface area contributed by atoms with Gasteiger partial charge in [-0.3, -0.25) is 0 Å². The van der Waals surface area contributed by atoms with E-state index in [1.54, 1.807) is 0 Å². The summed E-state index contributed by atoms with van der Waals surface area (Å²) < 4.78 is 0. The minimum absolute atomic E-state index is 0.122. The van der Waals surface area contributed by atoms with Crippen molar-refractivity contribution >= 4 is 0 Å². The summed E-state index contributed by atoms with van der Waals surface area (Å²) in [5.41, 5.74) is 2.11. The summed E-state index contributed by atoms with van der Waals surface area (Å²) in [5, 5.41) is 18.6. The summed E-state index contributed by atoms with van der Waals surface area (Å²) in [7, 11) is 1.88. The zero-order valence-corrected chi connectivity index (χ0v) is 9.35. The van der Waals surface area contributed by atoms with Gasteiger partial charge in [0, 0.05) is 13.1 Å². The van der Waals surface area contributed by atoms with Gasteiger partial charge in [-0.15, -0.1) is 0 Å². The second-order valence-corrected chi connectivity index (χ2v) is 3.91. The zero-order chi connectivity index (χ0) is 11.3. The van der Waals surface area contributed by atoms with Crippen LogP contribution in [0.4, 0.5) is 0 Å². The maximum atomic E-state index is 9.89. The lowest BCUT2D eigenvalue weighted by Crippen LogP contribution is -2.27. The molecule has 0 aliphatic carbocycles. The maximum absolute atomic E-state index is 9.89. The summed E-state index contributed by atoms with van der Waals surface area (Å²) in [6, 6.07) is 7.86. The summed E-state index contributed by atoms with van der Waals surface area (Å²) >= 11 is 0. The summed E-state index contributed by atoms with van der Waals surface area (Å²) in [6.45, 7) is 3.28. The minimum atomic E-state index is -0.484. The number of hydrogen-bond donors (Lipinski definition) is 2. The lowest BCUT2D eigenvalue weighted by atomic mass is 10.1. The van der Waals surface area contributed by atoms with Crippen molar-refractivity contribution in [3.8, 4) is 0 Å². The molecule has 0 heterocycles. The molecular weight excluding hydrogens is 190 g/mol. The van der Waals surface area contributed by atoms with Crippen LogP contribution in [0.1, 0.15) is 17.2 Å². The van der Waals surface area contributed by atoms with Gasteiger partial charge in [0.15, 0.2) is 0 Å². The fourth-order valence-electron chi connectivity index (χ4n) is 1.45. The molecule has 1 aromatic rings. The predicted molar refractivity (Wildman–Crippen MR) is 60.7 cm³/mol. The van der Waals surface area contributed by atoms with Crippen molar-refractivity contribution < 1.29 is 10.2 Å². The van der Waals surface area contributed by atoms with Crippen LogP contribution in [-0.4, -0.2) is 41.9 Å². The number of rotatable bonds is 5. The number of aliphatic hydroxyl groups is 2. The Bertz CT molecular complexity index is 284. The van der Waals surface area contributed by atoms with Gasteiger partial charge in [-0.1, -0.05) is 29.8 Å².